The molecular weight excluding hydrogens is 262 g/mol. The van der Waals surface area contributed by atoms with Crippen LogP contribution < -0.4 is 0 Å². The van der Waals surface area contributed by atoms with Gasteiger partial charge in [0.1, 0.15) is 0 Å². The molecule has 2 aliphatic rings. The van der Waals surface area contributed by atoms with Gasteiger partial charge in [-0.25, -0.2) is 0 Å². The van der Waals surface area contributed by atoms with Crippen LogP contribution >= 0.6 is 0 Å². The number of hydrogen-bond donors (Lipinski definition) is 1. The lowest BCUT2D eigenvalue weighted by atomic mass is 10.0. The van der Waals surface area contributed by atoms with E-state index in [-0.39, 0.29) is 12.0 Å². The minimum atomic E-state index is -0.110. The minimum absolute atomic E-state index is 0.110. The Morgan fingerprint density at radius 2 is 1.71 bits per heavy atom. The summed E-state index contributed by atoms with van der Waals surface area (Å²) >= 11 is 0. The molecule has 114 valence electrons. The van der Waals surface area contributed by atoms with E-state index in [4.69, 9.17) is 0 Å². The van der Waals surface area contributed by atoms with E-state index < -0.39 is 0 Å². The maximum absolute atomic E-state index is 12.7. The Hall–Kier alpha value is -1.35. The van der Waals surface area contributed by atoms with E-state index in [1.54, 1.807) is 0 Å². The van der Waals surface area contributed by atoms with Gasteiger partial charge in [0.2, 0.25) is 0 Å². The second-order valence-electron chi connectivity index (χ2n) is 6.99. The zero-order valence-corrected chi connectivity index (χ0v) is 13.2. The van der Waals surface area contributed by atoms with Crippen LogP contribution in [0.3, 0.4) is 0 Å². The Balaban J connectivity index is 1.69. The minimum Gasteiger partial charge on any atom is -0.393 e. The predicted octanol–water partition coefficient (Wildman–Crippen LogP) is 2.92. The average Bonchev–Trinajstić information content (AvgIpc) is 2.97. The first kappa shape index (κ1) is 14.6. The molecule has 2 saturated carbocycles. The van der Waals surface area contributed by atoms with Crippen molar-refractivity contribution in [3.63, 3.8) is 0 Å². The van der Waals surface area contributed by atoms with Crippen molar-refractivity contribution in [1.82, 2.24) is 4.90 Å². The standard InChI is InChI=1S/C18H25NO2/c1-11-4-5-13(6-12(11)2)18(21)19(3)16-7-14-9-17(20)10-15(14)8-16/h4-6,14-17,20H,7-10H2,1-3H3/t14-,15+,16?,17?. The molecule has 0 bridgehead atoms. The van der Waals surface area contributed by atoms with E-state index >= 15 is 0 Å². The Bertz CT molecular complexity index is 540. The van der Waals surface area contributed by atoms with E-state index in [0.29, 0.717) is 17.9 Å². The molecule has 2 fully saturated rings. The first-order valence-corrected chi connectivity index (χ1v) is 7.98. The number of rotatable bonds is 2. The molecule has 0 aliphatic heterocycles. The molecule has 21 heavy (non-hydrogen) atoms. The highest BCUT2D eigenvalue weighted by atomic mass is 16.3. The van der Waals surface area contributed by atoms with Crippen LogP contribution in [0.2, 0.25) is 0 Å². The van der Waals surface area contributed by atoms with Crippen LogP contribution in [0.1, 0.15) is 47.2 Å². The molecule has 2 aliphatic carbocycles. The van der Waals surface area contributed by atoms with Crippen molar-refractivity contribution in [1.29, 1.82) is 0 Å². The second kappa shape index (κ2) is 5.45. The highest BCUT2D eigenvalue weighted by Gasteiger charge is 2.43. The van der Waals surface area contributed by atoms with Gasteiger partial charge in [0.15, 0.2) is 0 Å². The van der Waals surface area contributed by atoms with E-state index in [9.17, 15) is 9.90 Å². The number of benzene rings is 1. The van der Waals surface area contributed by atoms with Gasteiger partial charge in [0, 0.05) is 18.7 Å². The van der Waals surface area contributed by atoms with Gasteiger partial charge in [0.05, 0.1) is 6.10 Å². The van der Waals surface area contributed by atoms with Crippen molar-refractivity contribution in [3.05, 3.63) is 34.9 Å². The zero-order valence-electron chi connectivity index (χ0n) is 13.2. The van der Waals surface area contributed by atoms with Crippen LogP contribution in [0.4, 0.5) is 0 Å². The van der Waals surface area contributed by atoms with Gasteiger partial charge in [0.25, 0.3) is 5.91 Å². The third kappa shape index (κ3) is 2.71. The number of carbonyl (C=O) groups excluding carboxylic acids is 1. The lowest BCUT2D eigenvalue weighted by Gasteiger charge is -2.26. The van der Waals surface area contributed by atoms with Gasteiger partial charge in [-0.05, 0) is 74.6 Å². The van der Waals surface area contributed by atoms with E-state index in [1.165, 1.54) is 11.1 Å². The molecule has 0 spiro atoms. The Morgan fingerprint density at radius 3 is 2.29 bits per heavy atom. The van der Waals surface area contributed by atoms with Crippen molar-refractivity contribution in [2.75, 3.05) is 7.05 Å². The summed E-state index contributed by atoms with van der Waals surface area (Å²) in [4.78, 5) is 14.6. The molecular formula is C18H25NO2. The van der Waals surface area contributed by atoms with Gasteiger partial charge in [-0.15, -0.1) is 0 Å². The number of aliphatic hydroxyl groups is 1. The Morgan fingerprint density at radius 1 is 1.10 bits per heavy atom. The molecule has 1 aromatic carbocycles. The number of fused-ring (bicyclic) bond motifs is 1. The number of amides is 1. The van der Waals surface area contributed by atoms with Crippen molar-refractivity contribution in [3.8, 4) is 0 Å². The van der Waals surface area contributed by atoms with Crippen molar-refractivity contribution in [2.24, 2.45) is 11.8 Å². The number of aliphatic hydroxyl groups excluding tert-OH is 1. The van der Waals surface area contributed by atoms with Gasteiger partial charge >= 0.3 is 0 Å². The molecule has 1 amide bonds. The number of hydrogen-bond acceptors (Lipinski definition) is 2. The fourth-order valence-electron chi connectivity index (χ4n) is 4.11. The van der Waals surface area contributed by atoms with Crippen LogP contribution in [0.5, 0.6) is 0 Å². The summed E-state index contributed by atoms with van der Waals surface area (Å²) in [6.45, 7) is 4.12. The summed E-state index contributed by atoms with van der Waals surface area (Å²) in [6, 6.07) is 6.28. The Kier molecular flexibility index (Phi) is 3.78. The molecule has 0 aromatic heterocycles. The molecule has 1 aromatic rings. The van der Waals surface area contributed by atoms with Gasteiger partial charge in [-0.2, -0.15) is 0 Å². The van der Waals surface area contributed by atoms with Crippen molar-refractivity contribution in [2.45, 2.75) is 51.7 Å². The first-order chi connectivity index (χ1) is 9.95. The topological polar surface area (TPSA) is 40.5 Å². The lowest BCUT2D eigenvalue weighted by Crippen LogP contribution is -2.36. The molecule has 3 heteroatoms. The molecule has 1 N–H and O–H groups in total. The summed E-state index contributed by atoms with van der Waals surface area (Å²) in [5, 5.41) is 9.72. The summed E-state index contributed by atoms with van der Waals surface area (Å²) in [7, 11) is 1.93. The summed E-state index contributed by atoms with van der Waals surface area (Å²) in [5.74, 6) is 1.35. The third-order valence-corrected chi connectivity index (χ3v) is 5.59. The fourth-order valence-corrected chi connectivity index (χ4v) is 4.11. The van der Waals surface area contributed by atoms with E-state index in [0.717, 1.165) is 31.2 Å². The molecule has 3 nitrogen and oxygen atoms in total. The monoisotopic (exact) mass is 287 g/mol. The van der Waals surface area contributed by atoms with Gasteiger partial charge in [-0.1, -0.05) is 6.07 Å². The molecule has 0 saturated heterocycles. The third-order valence-electron chi connectivity index (χ3n) is 5.59. The van der Waals surface area contributed by atoms with E-state index in [1.807, 2.05) is 37.1 Å². The van der Waals surface area contributed by atoms with Crippen LogP contribution in [0.15, 0.2) is 18.2 Å². The SMILES string of the molecule is Cc1ccc(C(=O)N(C)C2C[C@H]3CC(O)C[C@H]3C2)cc1C. The van der Waals surface area contributed by atoms with Gasteiger partial charge in [-0.3, -0.25) is 4.79 Å². The molecule has 2 unspecified atom stereocenters. The number of aryl methyl sites for hydroxylation is 2. The molecule has 0 radical (unpaired) electrons. The normalized spacial score (nSPS) is 31.2. The first-order valence-electron chi connectivity index (χ1n) is 7.98. The average molecular weight is 287 g/mol. The molecule has 0 heterocycles. The van der Waals surface area contributed by atoms with Crippen LogP contribution in [0.25, 0.3) is 0 Å². The zero-order chi connectivity index (χ0) is 15.1. The molecule has 4 atom stereocenters. The fraction of sp³-hybridized carbons (Fsp3) is 0.611. The number of nitrogens with zero attached hydrogens (tertiary/aromatic N) is 1. The van der Waals surface area contributed by atoms with Crippen molar-refractivity contribution < 1.29 is 9.90 Å². The highest BCUT2D eigenvalue weighted by molar-refractivity contribution is 5.94. The van der Waals surface area contributed by atoms with Crippen LogP contribution in [0, 0.1) is 25.7 Å². The summed E-state index contributed by atoms with van der Waals surface area (Å²) in [6.07, 6.45) is 3.84. The largest absolute Gasteiger partial charge is 0.393 e. The number of carbonyl (C=O) groups is 1. The maximum atomic E-state index is 12.7. The maximum Gasteiger partial charge on any atom is 0.253 e. The van der Waals surface area contributed by atoms with Gasteiger partial charge < -0.3 is 10.0 Å². The Labute approximate surface area is 127 Å². The second-order valence-corrected chi connectivity index (χ2v) is 6.99. The smallest absolute Gasteiger partial charge is 0.253 e. The summed E-state index contributed by atoms with van der Waals surface area (Å²) in [5.41, 5.74) is 3.18. The summed E-state index contributed by atoms with van der Waals surface area (Å²) < 4.78 is 0. The quantitative estimate of drug-likeness (QED) is 0.908. The van der Waals surface area contributed by atoms with Crippen LogP contribution in [-0.2, 0) is 0 Å². The molecule has 3 rings (SSSR count). The van der Waals surface area contributed by atoms with Crippen LogP contribution in [-0.4, -0.2) is 35.1 Å². The van der Waals surface area contributed by atoms with E-state index in [2.05, 4.69) is 6.92 Å². The lowest BCUT2D eigenvalue weighted by molar-refractivity contribution is 0.0722. The highest BCUT2D eigenvalue weighted by Crippen LogP contribution is 2.45. The van der Waals surface area contributed by atoms with Crippen molar-refractivity contribution >= 4 is 5.91 Å². The predicted molar refractivity (Wildman–Crippen MR) is 83.3 cm³/mol.